The summed E-state index contributed by atoms with van der Waals surface area (Å²) in [7, 11) is 0. The van der Waals surface area contributed by atoms with Crippen molar-refractivity contribution >= 4 is 29.1 Å². The molecule has 6 rings (SSSR count). The Balaban J connectivity index is 1.09. The predicted molar refractivity (Wildman–Crippen MR) is 170 cm³/mol. The van der Waals surface area contributed by atoms with Crippen LogP contribution < -0.4 is 10.2 Å². The number of hydrogen-bond donors (Lipinski definition) is 2. The predicted octanol–water partition coefficient (Wildman–Crippen LogP) is 5.39. The van der Waals surface area contributed by atoms with E-state index >= 15 is 0 Å². The second kappa shape index (κ2) is 12.8. The van der Waals surface area contributed by atoms with Crippen LogP contribution in [0.3, 0.4) is 0 Å². The zero-order chi connectivity index (χ0) is 33.6. The molecule has 5 heterocycles. The molecular formula is C32H35ClF3N9O2. The third-order valence-corrected chi connectivity index (χ3v) is 9.54. The van der Waals surface area contributed by atoms with Gasteiger partial charge in [-0.05, 0) is 40.2 Å². The summed E-state index contributed by atoms with van der Waals surface area (Å²) in [6.07, 6.45) is 6.92. The van der Waals surface area contributed by atoms with E-state index < -0.39 is 34.9 Å². The summed E-state index contributed by atoms with van der Waals surface area (Å²) >= 11 is 5.83. The number of amides is 1. The highest BCUT2D eigenvalue weighted by Crippen LogP contribution is 2.36. The topological polar surface area (TPSA) is 125 Å². The van der Waals surface area contributed by atoms with E-state index in [2.05, 4.69) is 47.1 Å². The molecule has 2 fully saturated rings. The van der Waals surface area contributed by atoms with Crippen molar-refractivity contribution in [3.05, 3.63) is 77.0 Å². The van der Waals surface area contributed by atoms with Gasteiger partial charge in [0.15, 0.2) is 5.82 Å². The van der Waals surface area contributed by atoms with Crippen molar-refractivity contribution in [1.29, 1.82) is 0 Å². The van der Waals surface area contributed by atoms with Crippen LogP contribution in [0.2, 0.25) is 5.02 Å². The molecule has 0 radical (unpaired) electrons. The number of alkyl halides is 2. The second-order valence-corrected chi connectivity index (χ2v) is 13.1. The Hall–Kier alpha value is -4.14. The van der Waals surface area contributed by atoms with E-state index in [1.165, 1.54) is 6.20 Å². The Labute approximate surface area is 274 Å². The molecule has 11 nitrogen and oxygen atoms in total. The monoisotopic (exact) mass is 669 g/mol. The Morgan fingerprint density at radius 3 is 2.47 bits per heavy atom. The number of carbonyl (C=O) groups excluding carboxylic acids is 1. The summed E-state index contributed by atoms with van der Waals surface area (Å²) in [6, 6.07) is 2.42. The smallest absolute Gasteiger partial charge is 0.275 e. The molecule has 1 amide bonds. The molecular weight excluding hydrogens is 635 g/mol. The summed E-state index contributed by atoms with van der Waals surface area (Å²) < 4.78 is 43.6. The number of halogens is 4. The van der Waals surface area contributed by atoms with E-state index in [4.69, 9.17) is 11.6 Å². The van der Waals surface area contributed by atoms with Gasteiger partial charge in [0.25, 0.3) is 12.3 Å². The van der Waals surface area contributed by atoms with Gasteiger partial charge in [0.1, 0.15) is 5.69 Å². The Morgan fingerprint density at radius 1 is 1.11 bits per heavy atom. The van der Waals surface area contributed by atoms with Crippen molar-refractivity contribution in [2.45, 2.75) is 64.3 Å². The molecule has 47 heavy (non-hydrogen) atoms. The zero-order valence-electron chi connectivity index (χ0n) is 26.3. The van der Waals surface area contributed by atoms with E-state index in [0.29, 0.717) is 23.7 Å². The summed E-state index contributed by atoms with van der Waals surface area (Å²) in [5.74, 6) is -0.817. The van der Waals surface area contributed by atoms with Crippen LogP contribution in [0.25, 0.3) is 11.3 Å². The Kier molecular flexibility index (Phi) is 8.94. The molecule has 3 aromatic heterocycles. The maximum Gasteiger partial charge on any atom is 0.275 e. The zero-order valence-corrected chi connectivity index (χ0v) is 27.0. The lowest BCUT2D eigenvalue weighted by Gasteiger charge is -2.54. The minimum atomic E-state index is -2.99. The Morgan fingerprint density at radius 2 is 1.83 bits per heavy atom. The maximum atomic E-state index is 14.8. The molecule has 2 N–H and O–H groups in total. The number of anilines is 2. The van der Waals surface area contributed by atoms with Crippen LogP contribution in [0.4, 0.5) is 24.8 Å². The summed E-state index contributed by atoms with van der Waals surface area (Å²) in [5, 5.41) is 17.0. The third-order valence-electron chi connectivity index (χ3n) is 9.25. The average Bonchev–Trinajstić information content (AvgIpc) is 3.44. The molecule has 4 aromatic rings. The van der Waals surface area contributed by atoms with Crippen molar-refractivity contribution < 1.29 is 23.1 Å². The first-order chi connectivity index (χ1) is 22.3. The highest BCUT2D eigenvalue weighted by molar-refractivity contribution is 6.31. The van der Waals surface area contributed by atoms with Gasteiger partial charge >= 0.3 is 0 Å². The molecule has 0 spiro atoms. The van der Waals surface area contributed by atoms with Gasteiger partial charge < -0.3 is 15.3 Å². The molecule has 0 bridgehead atoms. The van der Waals surface area contributed by atoms with Crippen LogP contribution in [0.5, 0.6) is 0 Å². The van der Waals surface area contributed by atoms with Crippen LogP contribution >= 0.6 is 11.6 Å². The van der Waals surface area contributed by atoms with Gasteiger partial charge in [-0.1, -0.05) is 17.7 Å². The third kappa shape index (κ3) is 6.54. The van der Waals surface area contributed by atoms with Crippen LogP contribution in [-0.2, 0) is 0 Å². The van der Waals surface area contributed by atoms with E-state index in [1.54, 1.807) is 23.3 Å². The number of nitrogens with one attached hydrogen (secondary N) is 1. The number of carbonyl (C=O) groups is 1. The van der Waals surface area contributed by atoms with Crippen LogP contribution in [0, 0.1) is 11.7 Å². The molecule has 2 saturated heterocycles. The molecule has 248 valence electrons. The normalized spacial score (nSPS) is 18.5. The van der Waals surface area contributed by atoms with E-state index in [9.17, 15) is 23.1 Å². The standard InChI is InChI=1S/C32H35ClF3N9O2/c1-17(19-9-38-31(39-10-19)44-8-7-26(44)18(2)43-14-20(15-43)32(3,4)47)45-16-21(11-40-45)41-30(46)25-13-37-12-24(42-25)27-22(29(35)36)5-6-23(33)28(27)34/h5-6,9-13,16-18,20,26,29,47H,7-8,14-15H2,1-4H3,(H,41,46)/t17?,18-,26?/m1/s1. The van der Waals surface area contributed by atoms with Gasteiger partial charge in [0.05, 0.1) is 46.6 Å². The molecule has 2 unspecified atom stereocenters. The SMILES string of the molecule is CC(c1cnc(N2CCC2[C@@H](C)N2CC(C(C)(C)O)C2)nc1)n1cc(NC(=O)c2cncc(-c3c(C(F)F)ccc(Cl)c3F)n2)cn1. The van der Waals surface area contributed by atoms with Gasteiger partial charge in [0, 0.05) is 72.9 Å². The number of aliphatic hydroxyl groups is 1. The lowest BCUT2D eigenvalue weighted by atomic mass is 9.82. The van der Waals surface area contributed by atoms with Crippen molar-refractivity contribution in [2.24, 2.45) is 5.92 Å². The first kappa shape index (κ1) is 32.8. The highest BCUT2D eigenvalue weighted by atomic mass is 35.5. The van der Waals surface area contributed by atoms with Crippen molar-refractivity contribution in [2.75, 3.05) is 29.9 Å². The van der Waals surface area contributed by atoms with Gasteiger partial charge in [-0.25, -0.2) is 28.1 Å². The van der Waals surface area contributed by atoms with Gasteiger partial charge in [-0.2, -0.15) is 5.10 Å². The largest absolute Gasteiger partial charge is 0.390 e. The molecule has 15 heteroatoms. The summed E-state index contributed by atoms with van der Waals surface area (Å²) in [4.78, 5) is 34.9. The Bertz CT molecular complexity index is 1760. The number of hydrogen-bond acceptors (Lipinski definition) is 9. The fraction of sp³-hybridized carbons (Fsp3) is 0.438. The molecule has 0 saturated carbocycles. The lowest BCUT2D eigenvalue weighted by Crippen LogP contribution is -2.66. The second-order valence-electron chi connectivity index (χ2n) is 12.7. The number of aromatic nitrogens is 6. The van der Waals surface area contributed by atoms with Crippen LogP contribution in [-0.4, -0.2) is 82.9 Å². The van der Waals surface area contributed by atoms with Gasteiger partial charge in [0.2, 0.25) is 5.95 Å². The summed E-state index contributed by atoms with van der Waals surface area (Å²) in [6.45, 7) is 10.5. The lowest BCUT2D eigenvalue weighted by molar-refractivity contribution is -0.0797. The first-order valence-electron chi connectivity index (χ1n) is 15.3. The average molecular weight is 670 g/mol. The fourth-order valence-corrected chi connectivity index (χ4v) is 6.11. The van der Waals surface area contributed by atoms with Crippen molar-refractivity contribution in [3.63, 3.8) is 0 Å². The van der Waals surface area contributed by atoms with Gasteiger partial charge in [-0.3, -0.25) is 19.4 Å². The number of rotatable bonds is 10. The van der Waals surface area contributed by atoms with Crippen LogP contribution in [0.1, 0.15) is 68.2 Å². The molecule has 2 aliphatic rings. The molecule has 0 aliphatic carbocycles. The number of likely N-dealkylation sites (tertiary alicyclic amines) is 1. The van der Waals surface area contributed by atoms with Gasteiger partial charge in [-0.15, -0.1) is 0 Å². The van der Waals surface area contributed by atoms with E-state index in [1.807, 2.05) is 20.8 Å². The van der Waals surface area contributed by atoms with Crippen LogP contribution in [0.15, 0.2) is 49.3 Å². The molecule has 2 aliphatic heterocycles. The van der Waals surface area contributed by atoms with Crippen molar-refractivity contribution in [1.82, 2.24) is 34.6 Å². The highest BCUT2D eigenvalue weighted by Gasteiger charge is 2.44. The minimum Gasteiger partial charge on any atom is -0.390 e. The van der Waals surface area contributed by atoms with E-state index in [-0.39, 0.29) is 28.4 Å². The number of benzene rings is 1. The quantitative estimate of drug-likeness (QED) is 0.229. The number of nitrogens with zero attached hydrogens (tertiary/aromatic N) is 8. The van der Waals surface area contributed by atoms with E-state index in [0.717, 1.165) is 56.1 Å². The fourth-order valence-electron chi connectivity index (χ4n) is 5.95. The minimum absolute atomic E-state index is 0.211. The summed E-state index contributed by atoms with van der Waals surface area (Å²) in [5.41, 5.74) is -1.09. The van der Waals surface area contributed by atoms with Crippen molar-refractivity contribution in [3.8, 4) is 11.3 Å². The maximum absolute atomic E-state index is 14.8. The first-order valence-corrected chi connectivity index (χ1v) is 15.7. The molecule has 3 atom stereocenters. The molecule has 1 aromatic carbocycles.